The fourth-order valence-corrected chi connectivity index (χ4v) is 3.90. The van der Waals surface area contributed by atoms with E-state index in [0.29, 0.717) is 17.9 Å². The average molecular weight is 414 g/mol. The zero-order chi connectivity index (χ0) is 18.5. The molecule has 2 aromatic carbocycles. The van der Waals surface area contributed by atoms with Crippen LogP contribution in [-0.4, -0.2) is 20.1 Å². The smallest absolute Gasteiger partial charge is 0.260 e. The lowest BCUT2D eigenvalue weighted by atomic mass is 9.91. The molecule has 2 atom stereocenters. The van der Waals surface area contributed by atoms with Crippen LogP contribution >= 0.6 is 15.9 Å². The van der Waals surface area contributed by atoms with Crippen molar-refractivity contribution in [1.82, 2.24) is 4.57 Å². The van der Waals surface area contributed by atoms with Gasteiger partial charge in [-0.15, -0.1) is 0 Å². The van der Waals surface area contributed by atoms with Gasteiger partial charge in [-0.3, -0.25) is 4.79 Å². The predicted molar refractivity (Wildman–Crippen MR) is 106 cm³/mol. The molecule has 0 saturated carbocycles. The summed E-state index contributed by atoms with van der Waals surface area (Å²) in [4.78, 5) is 12.9. The third-order valence-corrected chi connectivity index (χ3v) is 6.55. The summed E-state index contributed by atoms with van der Waals surface area (Å²) in [6.07, 6.45) is -0.937. The number of aliphatic hydroxyl groups excluding tert-OH is 1. The van der Waals surface area contributed by atoms with Crippen molar-refractivity contribution in [3.63, 3.8) is 0 Å². The van der Waals surface area contributed by atoms with Gasteiger partial charge in [-0.1, -0.05) is 58.4 Å². The molecule has 134 valence electrons. The number of aromatic nitrogens is 1. The Labute approximate surface area is 160 Å². The van der Waals surface area contributed by atoms with Crippen molar-refractivity contribution in [2.24, 2.45) is 0 Å². The summed E-state index contributed by atoms with van der Waals surface area (Å²) in [6, 6.07) is 17.5. The minimum Gasteiger partial charge on any atom is -0.485 e. The summed E-state index contributed by atoms with van der Waals surface area (Å²) in [6.45, 7) is 4.25. The van der Waals surface area contributed by atoms with Crippen LogP contribution in [0.3, 0.4) is 0 Å². The highest BCUT2D eigenvalue weighted by Crippen LogP contribution is 2.44. The number of ether oxygens (including phenoxy) is 1. The number of pyridine rings is 1. The molecular weight excluding hydrogens is 394 g/mol. The largest absolute Gasteiger partial charge is 0.485 e. The monoisotopic (exact) mass is 413 g/mol. The van der Waals surface area contributed by atoms with Gasteiger partial charge < -0.3 is 14.4 Å². The van der Waals surface area contributed by atoms with Crippen molar-refractivity contribution in [3.05, 3.63) is 76.1 Å². The van der Waals surface area contributed by atoms with Gasteiger partial charge >= 0.3 is 0 Å². The number of aliphatic hydroxyl groups is 1. The van der Waals surface area contributed by atoms with E-state index in [9.17, 15) is 9.90 Å². The Morgan fingerprint density at radius 1 is 1.12 bits per heavy atom. The van der Waals surface area contributed by atoms with Gasteiger partial charge in [0.2, 0.25) is 0 Å². The molecule has 0 fully saturated rings. The maximum atomic E-state index is 13.3. The van der Waals surface area contributed by atoms with Crippen LogP contribution < -0.4 is 10.3 Å². The highest BCUT2D eigenvalue weighted by Gasteiger charge is 2.44. The van der Waals surface area contributed by atoms with Gasteiger partial charge in [-0.25, -0.2) is 0 Å². The molecule has 0 aliphatic carbocycles. The topological polar surface area (TPSA) is 51.5 Å². The van der Waals surface area contributed by atoms with Gasteiger partial charge in [0.15, 0.2) is 0 Å². The van der Waals surface area contributed by atoms with Crippen molar-refractivity contribution in [2.45, 2.75) is 36.9 Å². The third kappa shape index (κ3) is 2.66. The van der Waals surface area contributed by atoms with E-state index in [-0.39, 0.29) is 10.4 Å². The molecule has 4 nitrogen and oxygen atoms in total. The molecule has 0 amide bonds. The van der Waals surface area contributed by atoms with Gasteiger partial charge in [0.05, 0.1) is 22.5 Å². The standard InChI is InChI=1S/C21H20BrNO3/c1-21(2)19(22)17(24)16-18(26-21)14-10-6-7-11-15(14)23(20(16)25)12-13-8-4-3-5-9-13/h3-11,17,19,24H,12H2,1-2H3/t17-,19+/m0/s1. The van der Waals surface area contributed by atoms with Gasteiger partial charge in [0.25, 0.3) is 5.56 Å². The molecule has 0 saturated heterocycles. The number of alkyl halides is 1. The Morgan fingerprint density at radius 3 is 2.50 bits per heavy atom. The van der Waals surface area contributed by atoms with Crippen LogP contribution in [0.4, 0.5) is 0 Å². The fourth-order valence-electron chi connectivity index (χ4n) is 3.54. The quantitative estimate of drug-likeness (QED) is 0.645. The molecule has 0 bridgehead atoms. The molecule has 5 heteroatoms. The van der Waals surface area contributed by atoms with Crippen LogP contribution in [-0.2, 0) is 6.54 Å². The first-order valence-electron chi connectivity index (χ1n) is 8.60. The number of nitrogens with zero attached hydrogens (tertiary/aromatic N) is 1. The SMILES string of the molecule is CC1(C)Oc2c(c(=O)n(Cc3ccccc3)c3ccccc23)[C@H](O)[C@H]1Br. The van der Waals surface area contributed by atoms with Crippen molar-refractivity contribution >= 4 is 26.8 Å². The van der Waals surface area contributed by atoms with Crippen LogP contribution in [0, 0.1) is 0 Å². The second-order valence-electron chi connectivity index (χ2n) is 7.19. The van der Waals surface area contributed by atoms with Gasteiger partial charge in [0, 0.05) is 5.39 Å². The number of hydrogen-bond acceptors (Lipinski definition) is 3. The Bertz CT molecular complexity index is 1030. The van der Waals surface area contributed by atoms with Gasteiger partial charge in [-0.05, 0) is 31.5 Å². The van der Waals surface area contributed by atoms with Gasteiger partial charge in [-0.2, -0.15) is 0 Å². The highest BCUT2D eigenvalue weighted by molar-refractivity contribution is 9.09. The maximum Gasteiger partial charge on any atom is 0.260 e. The first-order valence-corrected chi connectivity index (χ1v) is 9.52. The molecule has 2 heterocycles. The Kier molecular flexibility index (Phi) is 4.16. The van der Waals surface area contributed by atoms with Crippen molar-refractivity contribution < 1.29 is 9.84 Å². The van der Waals surface area contributed by atoms with Crippen LogP contribution in [0.25, 0.3) is 10.9 Å². The predicted octanol–water partition coefficient (Wildman–Crippen LogP) is 4.02. The zero-order valence-corrected chi connectivity index (χ0v) is 16.2. The summed E-state index contributed by atoms with van der Waals surface area (Å²) < 4.78 is 7.90. The third-order valence-electron chi connectivity index (χ3n) is 4.95. The summed E-state index contributed by atoms with van der Waals surface area (Å²) in [5, 5.41) is 11.7. The van der Waals surface area contributed by atoms with Gasteiger partial charge in [0.1, 0.15) is 17.5 Å². The van der Waals surface area contributed by atoms with Crippen molar-refractivity contribution in [2.75, 3.05) is 0 Å². The first-order chi connectivity index (χ1) is 12.4. The van der Waals surface area contributed by atoms with E-state index in [0.717, 1.165) is 16.5 Å². The molecule has 0 radical (unpaired) electrons. The molecule has 1 aliphatic rings. The summed E-state index contributed by atoms with van der Waals surface area (Å²) in [7, 11) is 0. The van der Waals surface area contributed by atoms with E-state index in [1.54, 1.807) is 4.57 Å². The minimum atomic E-state index is -0.937. The molecule has 0 unspecified atom stereocenters. The molecule has 26 heavy (non-hydrogen) atoms. The number of rotatable bonds is 2. The van der Waals surface area contributed by atoms with E-state index < -0.39 is 11.7 Å². The summed E-state index contributed by atoms with van der Waals surface area (Å²) in [5.74, 6) is 0.489. The van der Waals surface area contributed by atoms with E-state index >= 15 is 0 Å². The lowest BCUT2D eigenvalue weighted by Crippen LogP contribution is -2.48. The summed E-state index contributed by atoms with van der Waals surface area (Å²) >= 11 is 3.51. The number of para-hydroxylation sites is 1. The Hall–Kier alpha value is -2.11. The second kappa shape index (κ2) is 6.25. The first kappa shape index (κ1) is 17.3. The van der Waals surface area contributed by atoms with E-state index in [2.05, 4.69) is 15.9 Å². The molecule has 1 aliphatic heterocycles. The Balaban J connectivity index is 2.01. The normalized spacial score (nSPS) is 21.2. The van der Waals surface area contributed by atoms with Crippen LogP contribution in [0.2, 0.25) is 0 Å². The molecule has 1 N–H and O–H groups in total. The lowest BCUT2D eigenvalue weighted by Gasteiger charge is -2.40. The van der Waals surface area contributed by atoms with E-state index in [4.69, 9.17) is 4.74 Å². The number of fused-ring (bicyclic) bond motifs is 3. The van der Waals surface area contributed by atoms with Crippen LogP contribution in [0.5, 0.6) is 5.75 Å². The fraction of sp³-hybridized carbons (Fsp3) is 0.286. The van der Waals surface area contributed by atoms with Crippen molar-refractivity contribution in [3.8, 4) is 5.75 Å². The van der Waals surface area contributed by atoms with E-state index in [1.807, 2.05) is 68.4 Å². The van der Waals surface area contributed by atoms with Crippen LogP contribution in [0.1, 0.15) is 31.1 Å². The van der Waals surface area contributed by atoms with E-state index in [1.165, 1.54) is 0 Å². The van der Waals surface area contributed by atoms with Crippen molar-refractivity contribution in [1.29, 1.82) is 0 Å². The minimum absolute atomic E-state index is 0.213. The highest BCUT2D eigenvalue weighted by atomic mass is 79.9. The zero-order valence-electron chi connectivity index (χ0n) is 14.6. The second-order valence-corrected chi connectivity index (χ2v) is 8.18. The Morgan fingerprint density at radius 2 is 1.77 bits per heavy atom. The average Bonchev–Trinajstić information content (AvgIpc) is 2.64. The molecule has 3 aromatic rings. The van der Waals surface area contributed by atoms with Crippen LogP contribution in [0.15, 0.2) is 59.4 Å². The maximum absolute atomic E-state index is 13.3. The molecule has 0 spiro atoms. The molecular formula is C21H20BrNO3. The lowest BCUT2D eigenvalue weighted by molar-refractivity contribution is 0.0227. The number of benzene rings is 2. The summed E-state index contributed by atoms with van der Waals surface area (Å²) in [5.41, 5.74) is 1.31. The molecule has 1 aromatic heterocycles. The molecule has 4 rings (SSSR count). The number of hydrogen-bond donors (Lipinski definition) is 1. The number of halogens is 1.